The monoisotopic (exact) mass is 445 g/mol. The van der Waals surface area contributed by atoms with Gasteiger partial charge in [0.15, 0.2) is 6.04 Å². The Kier molecular flexibility index (Phi) is 6.95. The molecule has 0 aliphatic heterocycles. The standard InChI is InChI=1S/C20H18N2O6S2/c23-12-17(20(25)26)21-19(24)14-8-6-13(7-9-14)15-3-1-4-16(11-15)22(30(27)28)18-5-2-10-29-18/h1-11,17,23H,12H2,(H,21,24)(H,25,26)(H,27,28)/p-1. The van der Waals surface area contributed by atoms with Gasteiger partial charge >= 0.3 is 5.97 Å². The number of benzene rings is 2. The van der Waals surface area contributed by atoms with E-state index in [-0.39, 0.29) is 5.56 Å². The second-order valence-corrected chi connectivity index (χ2v) is 7.86. The van der Waals surface area contributed by atoms with Crippen molar-refractivity contribution in [2.75, 3.05) is 10.9 Å². The van der Waals surface area contributed by atoms with Gasteiger partial charge in [0, 0.05) is 5.56 Å². The third-order valence-corrected chi connectivity index (χ3v) is 5.88. The smallest absolute Gasteiger partial charge is 0.328 e. The summed E-state index contributed by atoms with van der Waals surface area (Å²) in [7, 11) is 0. The number of carbonyl (C=O) groups excluding carboxylic acids is 1. The highest BCUT2D eigenvalue weighted by atomic mass is 32.2. The minimum atomic E-state index is -2.50. The largest absolute Gasteiger partial charge is 0.755 e. The van der Waals surface area contributed by atoms with E-state index in [1.807, 2.05) is 6.07 Å². The number of amides is 1. The van der Waals surface area contributed by atoms with E-state index >= 15 is 0 Å². The molecule has 8 nitrogen and oxygen atoms in total. The molecule has 2 unspecified atom stereocenters. The third-order valence-electron chi connectivity index (χ3n) is 4.20. The molecule has 1 aromatic heterocycles. The zero-order valence-corrected chi connectivity index (χ0v) is 17.1. The van der Waals surface area contributed by atoms with Gasteiger partial charge in [-0.2, -0.15) is 0 Å². The lowest BCUT2D eigenvalue weighted by molar-refractivity contribution is -0.140. The molecule has 0 fully saturated rings. The second kappa shape index (κ2) is 9.63. The third kappa shape index (κ3) is 4.92. The molecule has 0 spiro atoms. The molecule has 3 rings (SSSR count). The molecule has 0 saturated heterocycles. The number of carbonyl (C=O) groups is 2. The number of nitrogens with one attached hydrogen (secondary N) is 1. The van der Waals surface area contributed by atoms with Crippen molar-refractivity contribution in [3.05, 3.63) is 71.6 Å². The van der Waals surface area contributed by atoms with Crippen LogP contribution in [0.15, 0.2) is 66.0 Å². The lowest BCUT2D eigenvalue weighted by atomic mass is 10.0. The van der Waals surface area contributed by atoms with Crippen LogP contribution in [0.5, 0.6) is 0 Å². The summed E-state index contributed by atoms with van der Waals surface area (Å²) in [4.78, 5) is 23.1. The van der Waals surface area contributed by atoms with E-state index in [1.54, 1.807) is 47.8 Å². The maximum absolute atomic E-state index is 12.2. The van der Waals surface area contributed by atoms with Gasteiger partial charge in [-0.25, -0.2) is 4.79 Å². The van der Waals surface area contributed by atoms with Crippen LogP contribution in [-0.4, -0.2) is 43.5 Å². The first-order chi connectivity index (χ1) is 14.4. The SMILES string of the molecule is O=C(NC(CO)C(=O)O)c1ccc(-c2cccc(N(c3cccs3)S(=O)[O-])c2)cc1. The van der Waals surface area contributed by atoms with Crippen molar-refractivity contribution in [1.29, 1.82) is 0 Å². The van der Waals surface area contributed by atoms with Crippen molar-refractivity contribution >= 4 is 45.2 Å². The first kappa shape index (κ1) is 21.7. The summed E-state index contributed by atoms with van der Waals surface area (Å²) in [5, 5.41) is 22.5. The van der Waals surface area contributed by atoms with E-state index < -0.39 is 35.8 Å². The Morgan fingerprint density at radius 1 is 1.10 bits per heavy atom. The highest BCUT2D eigenvalue weighted by Crippen LogP contribution is 2.33. The number of aliphatic carboxylic acids is 1. The zero-order chi connectivity index (χ0) is 21.7. The van der Waals surface area contributed by atoms with Gasteiger partial charge in [0.25, 0.3) is 5.91 Å². The number of aliphatic hydroxyl groups excluding tert-OH is 1. The maximum Gasteiger partial charge on any atom is 0.328 e. The van der Waals surface area contributed by atoms with Crippen LogP contribution in [0.1, 0.15) is 10.4 Å². The highest BCUT2D eigenvalue weighted by Gasteiger charge is 2.19. The molecule has 2 atom stereocenters. The van der Waals surface area contributed by atoms with Gasteiger partial charge in [0.1, 0.15) is 5.00 Å². The fourth-order valence-electron chi connectivity index (χ4n) is 2.73. The van der Waals surface area contributed by atoms with Crippen LogP contribution in [0.25, 0.3) is 11.1 Å². The summed E-state index contributed by atoms with van der Waals surface area (Å²) in [6, 6.07) is 15.4. The van der Waals surface area contributed by atoms with Gasteiger partial charge in [0.05, 0.1) is 23.6 Å². The van der Waals surface area contributed by atoms with Gasteiger partial charge in [-0.3, -0.25) is 13.3 Å². The predicted octanol–water partition coefficient (Wildman–Crippen LogP) is 2.52. The van der Waals surface area contributed by atoms with E-state index in [9.17, 15) is 18.4 Å². The normalized spacial score (nSPS) is 12.7. The molecule has 1 heterocycles. The second-order valence-electron chi connectivity index (χ2n) is 6.14. The van der Waals surface area contributed by atoms with Crippen LogP contribution in [0.3, 0.4) is 0 Å². The molecule has 2 aromatic carbocycles. The maximum atomic E-state index is 12.2. The van der Waals surface area contributed by atoms with Crippen molar-refractivity contribution in [2.45, 2.75) is 6.04 Å². The van der Waals surface area contributed by atoms with E-state index in [0.29, 0.717) is 10.7 Å². The molecular weight excluding hydrogens is 428 g/mol. The molecule has 0 bridgehead atoms. The number of aliphatic hydroxyl groups is 1. The summed E-state index contributed by atoms with van der Waals surface area (Å²) in [6.07, 6.45) is 0. The molecule has 0 aliphatic rings. The molecule has 10 heteroatoms. The molecule has 0 saturated carbocycles. The minimum Gasteiger partial charge on any atom is -0.755 e. The molecule has 3 N–H and O–H groups in total. The van der Waals surface area contributed by atoms with E-state index in [1.165, 1.54) is 27.8 Å². The van der Waals surface area contributed by atoms with Crippen LogP contribution >= 0.6 is 11.3 Å². The molecular formula is C20H17N2O6S2-. The highest BCUT2D eigenvalue weighted by molar-refractivity contribution is 7.81. The van der Waals surface area contributed by atoms with E-state index in [4.69, 9.17) is 10.2 Å². The predicted molar refractivity (Wildman–Crippen MR) is 113 cm³/mol. The number of thiophene rings is 1. The van der Waals surface area contributed by atoms with Gasteiger partial charge in [0.2, 0.25) is 0 Å². The lowest BCUT2D eigenvalue weighted by Crippen LogP contribution is -2.43. The summed E-state index contributed by atoms with van der Waals surface area (Å²) in [5.74, 6) is -1.95. The molecule has 156 valence electrons. The van der Waals surface area contributed by atoms with Crippen molar-refractivity contribution in [3.8, 4) is 11.1 Å². The quantitative estimate of drug-likeness (QED) is 0.457. The summed E-state index contributed by atoms with van der Waals surface area (Å²) in [6.45, 7) is -0.715. The lowest BCUT2D eigenvalue weighted by Gasteiger charge is -2.25. The Hall–Kier alpha value is -3.05. The molecule has 0 radical (unpaired) electrons. The van der Waals surface area contributed by atoms with Crippen molar-refractivity contribution in [3.63, 3.8) is 0 Å². The van der Waals surface area contributed by atoms with E-state index in [2.05, 4.69) is 5.32 Å². The zero-order valence-electron chi connectivity index (χ0n) is 15.4. The Morgan fingerprint density at radius 2 is 1.83 bits per heavy atom. The molecule has 3 aromatic rings. The number of carboxylic acid groups (broad SMARTS) is 1. The van der Waals surface area contributed by atoms with Crippen LogP contribution in [0, 0.1) is 0 Å². The van der Waals surface area contributed by atoms with Gasteiger partial charge < -0.3 is 20.1 Å². The van der Waals surface area contributed by atoms with E-state index in [0.717, 1.165) is 11.1 Å². The average molecular weight is 445 g/mol. The van der Waals surface area contributed by atoms with Gasteiger partial charge in [-0.05, 0) is 52.9 Å². The number of nitrogens with zero attached hydrogens (tertiary/aromatic N) is 1. The fraction of sp³-hybridized carbons (Fsp3) is 0.100. The number of hydrogen-bond donors (Lipinski definition) is 3. The fourth-order valence-corrected chi connectivity index (χ4v) is 4.19. The van der Waals surface area contributed by atoms with Crippen LogP contribution in [-0.2, 0) is 16.1 Å². The number of rotatable bonds is 8. The van der Waals surface area contributed by atoms with Crippen LogP contribution in [0.2, 0.25) is 0 Å². The molecule has 0 aliphatic carbocycles. The first-order valence-electron chi connectivity index (χ1n) is 8.68. The number of anilines is 2. The Labute approximate surface area is 178 Å². The van der Waals surface area contributed by atoms with Gasteiger partial charge in [-0.1, -0.05) is 24.3 Å². The Bertz CT molecular complexity index is 1050. The van der Waals surface area contributed by atoms with Gasteiger partial charge in [-0.15, -0.1) is 11.3 Å². The number of carboxylic acids is 1. The van der Waals surface area contributed by atoms with Crippen LogP contribution in [0.4, 0.5) is 10.7 Å². The van der Waals surface area contributed by atoms with Crippen LogP contribution < -0.4 is 9.62 Å². The van der Waals surface area contributed by atoms with Crippen molar-refractivity contribution in [2.24, 2.45) is 0 Å². The topological polar surface area (TPSA) is 130 Å². The Balaban J connectivity index is 1.83. The van der Waals surface area contributed by atoms with Crippen molar-refractivity contribution < 1.29 is 28.6 Å². The summed E-state index contributed by atoms with van der Waals surface area (Å²) in [5.41, 5.74) is 2.19. The first-order valence-corrected chi connectivity index (χ1v) is 10.6. The summed E-state index contributed by atoms with van der Waals surface area (Å²) < 4.78 is 24.7. The van der Waals surface area contributed by atoms with Crippen molar-refractivity contribution in [1.82, 2.24) is 5.32 Å². The Morgan fingerprint density at radius 3 is 2.40 bits per heavy atom. The average Bonchev–Trinajstić information content (AvgIpc) is 3.26. The minimum absolute atomic E-state index is 0.232. The summed E-state index contributed by atoms with van der Waals surface area (Å²) >= 11 is -1.20. The molecule has 30 heavy (non-hydrogen) atoms. The number of hydrogen-bond acceptors (Lipinski definition) is 6. The molecule has 1 amide bonds.